The standard InChI is InChI=1S/C32H33F3N2/c1-21(2)24-16-11-17-25(22(3)4)31(24)36-30(23-13-7-6-8-14-23)29-20-12-19-28(37(29)5)26-15-9-10-18-27(26)32(33,34)35/h6-22,30,36H,5H2,1-4H3. The molecule has 1 atom stereocenters. The lowest BCUT2D eigenvalue weighted by molar-refractivity contribution is -0.610. The summed E-state index contributed by atoms with van der Waals surface area (Å²) in [5, 5.41) is 3.79. The average molecular weight is 503 g/mol. The van der Waals surface area contributed by atoms with Crippen molar-refractivity contribution in [3.63, 3.8) is 0 Å². The highest BCUT2D eigenvalue weighted by Gasteiger charge is 2.34. The second-order valence-electron chi connectivity index (χ2n) is 9.92. The largest absolute Gasteiger partial charge is 0.416 e. The van der Waals surface area contributed by atoms with Crippen molar-refractivity contribution in [1.82, 2.24) is 0 Å². The quantitative estimate of drug-likeness (QED) is 0.197. The minimum Gasteiger partial charge on any atom is -0.379 e. The maximum Gasteiger partial charge on any atom is 0.416 e. The van der Waals surface area contributed by atoms with Gasteiger partial charge in [-0.15, -0.1) is 0 Å². The van der Waals surface area contributed by atoms with Crippen LogP contribution in [-0.2, 0) is 6.18 Å². The summed E-state index contributed by atoms with van der Waals surface area (Å²) >= 11 is 0. The van der Waals surface area contributed by atoms with Crippen LogP contribution < -0.4 is 9.88 Å². The molecule has 0 saturated heterocycles. The molecule has 4 aromatic rings. The topological polar surface area (TPSA) is 15.9 Å². The molecule has 0 spiro atoms. The molecule has 4 rings (SSSR count). The molecular weight excluding hydrogens is 469 g/mol. The van der Waals surface area contributed by atoms with Gasteiger partial charge in [0.2, 0.25) is 0 Å². The summed E-state index contributed by atoms with van der Waals surface area (Å²) in [6.45, 7) is 8.66. The first-order valence-corrected chi connectivity index (χ1v) is 12.6. The van der Waals surface area contributed by atoms with Crippen LogP contribution in [0.15, 0.2) is 91.0 Å². The third-order valence-corrected chi connectivity index (χ3v) is 6.72. The monoisotopic (exact) mass is 502 g/mol. The Morgan fingerprint density at radius 2 is 1.27 bits per heavy atom. The summed E-state index contributed by atoms with van der Waals surface area (Å²) in [5.74, 6) is 0.573. The van der Waals surface area contributed by atoms with Crippen molar-refractivity contribution in [2.45, 2.75) is 51.7 Å². The van der Waals surface area contributed by atoms with Crippen molar-refractivity contribution in [1.29, 1.82) is 0 Å². The number of para-hydroxylation sites is 1. The van der Waals surface area contributed by atoms with E-state index >= 15 is 0 Å². The fraction of sp³-hybridized carbons (Fsp3) is 0.250. The molecule has 0 aliphatic carbocycles. The molecule has 1 aromatic heterocycles. The van der Waals surface area contributed by atoms with E-state index in [2.05, 4.69) is 58.3 Å². The van der Waals surface area contributed by atoms with E-state index in [9.17, 15) is 13.2 Å². The highest BCUT2D eigenvalue weighted by Crippen LogP contribution is 2.38. The Balaban J connectivity index is 1.92. The molecule has 0 bridgehead atoms. The minimum atomic E-state index is -4.47. The summed E-state index contributed by atoms with van der Waals surface area (Å²) in [6, 6.07) is 27.0. The van der Waals surface area contributed by atoms with Crippen molar-refractivity contribution >= 4 is 5.69 Å². The van der Waals surface area contributed by atoms with Gasteiger partial charge in [0, 0.05) is 18.3 Å². The normalized spacial score (nSPS) is 12.7. The summed E-state index contributed by atoms with van der Waals surface area (Å²) in [4.78, 5) is 0. The van der Waals surface area contributed by atoms with Crippen LogP contribution in [-0.4, -0.2) is 0 Å². The molecule has 3 aromatic carbocycles. The van der Waals surface area contributed by atoms with Crippen molar-refractivity contribution < 1.29 is 17.7 Å². The first-order valence-electron chi connectivity index (χ1n) is 12.6. The van der Waals surface area contributed by atoms with Crippen molar-refractivity contribution in [2.24, 2.45) is 0 Å². The Hall–Kier alpha value is -3.73. The van der Waals surface area contributed by atoms with E-state index in [1.165, 1.54) is 23.3 Å². The van der Waals surface area contributed by atoms with Gasteiger partial charge in [0.1, 0.15) is 11.4 Å². The van der Waals surface area contributed by atoms with Gasteiger partial charge in [-0.1, -0.05) is 113 Å². The molecule has 0 radical (unpaired) electrons. The highest BCUT2D eigenvalue weighted by molar-refractivity contribution is 5.64. The Morgan fingerprint density at radius 1 is 0.703 bits per heavy atom. The zero-order chi connectivity index (χ0) is 26.7. The maximum atomic E-state index is 13.9. The average Bonchev–Trinajstić information content (AvgIpc) is 2.87. The lowest BCUT2D eigenvalue weighted by atomic mass is 9.91. The fourth-order valence-corrected chi connectivity index (χ4v) is 4.83. The zero-order valence-corrected chi connectivity index (χ0v) is 21.7. The van der Waals surface area contributed by atoms with Gasteiger partial charge in [-0.25, -0.2) is 0 Å². The van der Waals surface area contributed by atoms with E-state index in [-0.39, 0.29) is 23.4 Å². The van der Waals surface area contributed by atoms with E-state index in [1.54, 1.807) is 22.8 Å². The Kier molecular flexibility index (Phi) is 7.63. The van der Waals surface area contributed by atoms with Gasteiger partial charge in [0.25, 0.3) is 0 Å². The highest BCUT2D eigenvalue weighted by atomic mass is 19.4. The smallest absolute Gasteiger partial charge is 0.379 e. The maximum absolute atomic E-state index is 13.9. The van der Waals surface area contributed by atoms with Crippen LogP contribution in [0.25, 0.3) is 11.3 Å². The SMILES string of the molecule is [CH2-][n+]1c(-c2ccccc2C(F)(F)F)cccc1C(Nc1c(C(C)C)cccc1C(C)C)c1ccccc1. The van der Waals surface area contributed by atoms with Crippen LogP contribution in [0, 0.1) is 7.05 Å². The third-order valence-electron chi connectivity index (χ3n) is 6.72. The van der Waals surface area contributed by atoms with Crippen LogP contribution in [0.2, 0.25) is 0 Å². The van der Waals surface area contributed by atoms with Gasteiger partial charge in [0.05, 0.1) is 11.6 Å². The number of anilines is 1. The number of hydrogen-bond donors (Lipinski definition) is 1. The lowest BCUT2D eigenvalue weighted by Gasteiger charge is -2.29. The van der Waals surface area contributed by atoms with E-state index in [1.807, 2.05) is 36.4 Å². The van der Waals surface area contributed by atoms with Crippen LogP contribution in [0.4, 0.5) is 18.9 Å². The molecule has 1 heterocycles. The lowest BCUT2D eigenvalue weighted by Crippen LogP contribution is -2.38. The third kappa shape index (κ3) is 5.51. The van der Waals surface area contributed by atoms with Gasteiger partial charge in [-0.2, -0.15) is 13.2 Å². The van der Waals surface area contributed by atoms with Gasteiger partial charge < -0.3 is 9.88 Å². The summed E-state index contributed by atoms with van der Waals surface area (Å²) < 4.78 is 43.3. The molecule has 0 amide bonds. The van der Waals surface area contributed by atoms with Crippen LogP contribution in [0.1, 0.15) is 73.5 Å². The molecule has 0 saturated carbocycles. The first kappa shape index (κ1) is 26.3. The Labute approximate surface area is 217 Å². The molecule has 0 fully saturated rings. The fourth-order valence-electron chi connectivity index (χ4n) is 4.83. The molecule has 37 heavy (non-hydrogen) atoms. The molecule has 192 valence electrons. The van der Waals surface area contributed by atoms with Crippen LogP contribution in [0.3, 0.4) is 0 Å². The number of pyridine rings is 1. The van der Waals surface area contributed by atoms with E-state index in [0.717, 1.165) is 23.0 Å². The molecule has 0 aliphatic rings. The molecular formula is C32H33F3N2. The predicted octanol–water partition coefficient (Wildman–Crippen LogP) is 8.75. The van der Waals surface area contributed by atoms with Crippen molar-refractivity contribution in [2.75, 3.05) is 5.32 Å². The van der Waals surface area contributed by atoms with Gasteiger partial charge in [0.15, 0.2) is 0 Å². The van der Waals surface area contributed by atoms with E-state index < -0.39 is 11.7 Å². The zero-order valence-electron chi connectivity index (χ0n) is 21.7. The first-order chi connectivity index (χ1) is 17.6. The summed E-state index contributed by atoms with van der Waals surface area (Å²) in [7, 11) is 4.23. The van der Waals surface area contributed by atoms with E-state index in [4.69, 9.17) is 0 Å². The Morgan fingerprint density at radius 3 is 1.86 bits per heavy atom. The second kappa shape index (κ2) is 10.7. The number of rotatable bonds is 7. The molecule has 2 nitrogen and oxygen atoms in total. The number of nitrogens with zero attached hydrogens (tertiary/aromatic N) is 1. The van der Waals surface area contributed by atoms with Crippen LogP contribution in [0.5, 0.6) is 0 Å². The van der Waals surface area contributed by atoms with E-state index in [0.29, 0.717) is 5.69 Å². The second-order valence-corrected chi connectivity index (χ2v) is 9.92. The van der Waals surface area contributed by atoms with Gasteiger partial charge in [-0.05, 0) is 34.6 Å². The predicted molar refractivity (Wildman–Crippen MR) is 144 cm³/mol. The molecule has 1 N–H and O–H groups in total. The molecule has 0 aliphatic heterocycles. The number of halogens is 3. The Bertz CT molecular complexity index is 1330. The molecule has 1 unspecified atom stereocenters. The molecule has 5 heteroatoms. The number of nitrogens with one attached hydrogen (secondary N) is 1. The van der Waals surface area contributed by atoms with Crippen LogP contribution >= 0.6 is 0 Å². The summed E-state index contributed by atoms with van der Waals surface area (Å²) in [6.07, 6.45) is -4.47. The minimum absolute atomic E-state index is 0.101. The summed E-state index contributed by atoms with van der Waals surface area (Å²) in [5.41, 5.74) is 5.02. The number of benzene rings is 3. The number of aromatic nitrogens is 1. The number of hydrogen-bond acceptors (Lipinski definition) is 1. The number of alkyl halides is 3. The van der Waals surface area contributed by atoms with Crippen molar-refractivity contribution in [3.8, 4) is 11.3 Å². The van der Waals surface area contributed by atoms with Crippen molar-refractivity contribution in [3.05, 3.63) is 126 Å². The van der Waals surface area contributed by atoms with Gasteiger partial charge >= 0.3 is 6.18 Å². The van der Waals surface area contributed by atoms with Gasteiger partial charge in [-0.3, -0.25) is 0 Å².